The Hall–Kier alpha value is -2.34. The monoisotopic (exact) mass is 316 g/mol. The van der Waals surface area contributed by atoms with Crippen LogP contribution >= 0.6 is 0 Å². The zero-order chi connectivity index (χ0) is 16.4. The second-order valence-electron chi connectivity index (χ2n) is 5.74. The number of fused-ring (bicyclic) bond motifs is 1. The van der Waals surface area contributed by atoms with Crippen molar-refractivity contribution < 1.29 is 19.4 Å². The van der Waals surface area contributed by atoms with Crippen LogP contribution in [-0.4, -0.2) is 52.8 Å². The van der Waals surface area contributed by atoms with Crippen molar-refractivity contribution in [2.75, 3.05) is 20.3 Å². The van der Waals surface area contributed by atoms with Gasteiger partial charge in [-0.05, 0) is 18.9 Å². The van der Waals surface area contributed by atoms with Crippen molar-refractivity contribution >= 4 is 22.8 Å². The van der Waals surface area contributed by atoms with Crippen LogP contribution in [-0.2, 0) is 16.1 Å². The zero-order valence-corrected chi connectivity index (χ0v) is 13.1. The third-order valence-electron chi connectivity index (χ3n) is 4.35. The first-order valence-electron chi connectivity index (χ1n) is 7.74. The number of carbonyl (C=O) groups excluding carboxylic acids is 1. The molecule has 1 atom stereocenters. The minimum absolute atomic E-state index is 0.206. The number of carboxylic acid groups (broad SMARTS) is 1. The molecule has 3 rings (SSSR count). The third kappa shape index (κ3) is 2.82. The van der Waals surface area contributed by atoms with Crippen molar-refractivity contribution in [3.8, 4) is 0 Å². The quantitative estimate of drug-likeness (QED) is 0.915. The molecule has 0 radical (unpaired) electrons. The van der Waals surface area contributed by atoms with E-state index in [1.807, 2.05) is 35.0 Å². The van der Waals surface area contributed by atoms with Crippen LogP contribution in [0.25, 0.3) is 10.9 Å². The normalized spacial score (nSPS) is 17.8. The Morgan fingerprint density at radius 2 is 2.13 bits per heavy atom. The van der Waals surface area contributed by atoms with E-state index in [-0.39, 0.29) is 5.91 Å². The molecule has 1 saturated heterocycles. The van der Waals surface area contributed by atoms with Gasteiger partial charge in [0, 0.05) is 37.3 Å². The molecule has 1 fully saturated rings. The summed E-state index contributed by atoms with van der Waals surface area (Å²) in [5.74, 6) is -1.14. The lowest BCUT2D eigenvalue weighted by atomic mass is 10.1. The van der Waals surface area contributed by atoms with Crippen LogP contribution in [0, 0.1) is 0 Å². The van der Waals surface area contributed by atoms with Gasteiger partial charge in [-0.2, -0.15) is 0 Å². The van der Waals surface area contributed by atoms with Gasteiger partial charge in [0.2, 0.25) is 0 Å². The van der Waals surface area contributed by atoms with Crippen LogP contribution in [0.2, 0.25) is 0 Å². The van der Waals surface area contributed by atoms with Gasteiger partial charge in [0.25, 0.3) is 5.91 Å². The van der Waals surface area contributed by atoms with Gasteiger partial charge in [-0.15, -0.1) is 0 Å². The summed E-state index contributed by atoms with van der Waals surface area (Å²) < 4.78 is 7.10. The molecule has 0 spiro atoms. The van der Waals surface area contributed by atoms with Crippen LogP contribution in [0.15, 0.2) is 30.5 Å². The Balaban J connectivity index is 1.99. The van der Waals surface area contributed by atoms with Crippen LogP contribution in [0.5, 0.6) is 0 Å². The first-order valence-corrected chi connectivity index (χ1v) is 7.74. The van der Waals surface area contributed by atoms with Gasteiger partial charge < -0.3 is 19.3 Å². The summed E-state index contributed by atoms with van der Waals surface area (Å²) in [6.45, 7) is 1.69. The lowest BCUT2D eigenvalue weighted by Gasteiger charge is -2.21. The number of hydrogen-bond acceptors (Lipinski definition) is 3. The van der Waals surface area contributed by atoms with Gasteiger partial charge in [0.15, 0.2) is 0 Å². The number of aromatic nitrogens is 1. The van der Waals surface area contributed by atoms with Gasteiger partial charge in [-0.3, -0.25) is 4.79 Å². The molecule has 6 nitrogen and oxygen atoms in total. The van der Waals surface area contributed by atoms with Gasteiger partial charge in [0.1, 0.15) is 6.04 Å². The molecule has 1 aromatic carbocycles. The Labute approximate surface area is 134 Å². The molecule has 2 aromatic rings. The molecular weight excluding hydrogens is 296 g/mol. The average molecular weight is 316 g/mol. The second-order valence-corrected chi connectivity index (χ2v) is 5.74. The van der Waals surface area contributed by atoms with E-state index in [9.17, 15) is 14.7 Å². The highest BCUT2D eigenvalue weighted by Crippen LogP contribution is 2.26. The molecule has 0 aliphatic carbocycles. The molecule has 1 aliphatic rings. The lowest BCUT2D eigenvalue weighted by Crippen LogP contribution is -2.40. The molecular formula is C17H20N2O4. The number of aliphatic carboxylic acids is 1. The summed E-state index contributed by atoms with van der Waals surface area (Å²) in [4.78, 5) is 25.7. The van der Waals surface area contributed by atoms with Gasteiger partial charge in [0.05, 0.1) is 12.2 Å². The molecule has 1 amide bonds. The predicted octanol–water partition coefficient (Wildman–Crippen LogP) is 1.98. The van der Waals surface area contributed by atoms with Gasteiger partial charge in [-0.1, -0.05) is 18.2 Å². The van der Waals surface area contributed by atoms with Crippen LogP contribution < -0.4 is 0 Å². The number of benzene rings is 1. The first kappa shape index (κ1) is 15.6. The van der Waals surface area contributed by atoms with Crippen molar-refractivity contribution in [1.82, 2.24) is 9.47 Å². The minimum atomic E-state index is -0.932. The summed E-state index contributed by atoms with van der Waals surface area (Å²) in [7, 11) is 1.64. The number of ether oxygens (including phenoxy) is 1. The lowest BCUT2D eigenvalue weighted by molar-refractivity contribution is -0.141. The van der Waals surface area contributed by atoms with E-state index >= 15 is 0 Å². The fourth-order valence-electron chi connectivity index (χ4n) is 3.21. The van der Waals surface area contributed by atoms with E-state index in [0.717, 1.165) is 17.3 Å². The van der Waals surface area contributed by atoms with Crippen molar-refractivity contribution in [2.24, 2.45) is 0 Å². The number of amides is 1. The Bertz CT molecular complexity index is 737. The summed E-state index contributed by atoms with van der Waals surface area (Å²) in [5, 5.41) is 10.1. The average Bonchev–Trinajstić information content (AvgIpc) is 3.17. The molecule has 6 heteroatoms. The first-order chi connectivity index (χ1) is 11.1. The number of carboxylic acids is 1. The van der Waals surface area contributed by atoms with E-state index in [2.05, 4.69) is 0 Å². The van der Waals surface area contributed by atoms with E-state index in [0.29, 0.717) is 31.7 Å². The van der Waals surface area contributed by atoms with Crippen molar-refractivity contribution in [3.05, 3.63) is 36.0 Å². The number of methoxy groups -OCH3 is 1. The Morgan fingerprint density at radius 3 is 2.87 bits per heavy atom. The number of para-hydroxylation sites is 1. The highest BCUT2D eigenvalue weighted by Gasteiger charge is 2.35. The van der Waals surface area contributed by atoms with Crippen LogP contribution in [0.4, 0.5) is 0 Å². The standard InChI is InChI=1S/C17H20N2O4/c1-23-10-9-18-11-13(12-5-2-3-6-14(12)18)16(20)19-8-4-7-15(19)17(21)22/h2-3,5-6,11,15H,4,7-10H2,1H3,(H,21,22). The second kappa shape index (κ2) is 6.42. The maximum atomic E-state index is 12.9. The molecule has 0 saturated carbocycles. The molecule has 1 N–H and O–H groups in total. The fraction of sp³-hybridized carbons (Fsp3) is 0.412. The summed E-state index contributed by atoms with van der Waals surface area (Å²) >= 11 is 0. The van der Waals surface area contributed by atoms with Crippen molar-refractivity contribution in [2.45, 2.75) is 25.4 Å². The van der Waals surface area contributed by atoms with E-state index in [1.54, 1.807) is 7.11 Å². The maximum Gasteiger partial charge on any atom is 0.326 e. The van der Waals surface area contributed by atoms with E-state index in [4.69, 9.17) is 4.74 Å². The third-order valence-corrected chi connectivity index (χ3v) is 4.35. The largest absolute Gasteiger partial charge is 0.480 e. The molecule has 1 aromatic heterocycles. The molecule has 2 heterocycles. The van der Waals surface area contributed by atoms with Crippen molar-refractivity contribution in [3.63, 3.8) is 0 Å². The molecule has 0 bridgehead atoms. The van der Waals surface area contributed by atoms with Crippen molar-refractivity contribution in [1.29, 1.82) is 0 Å². The summed E-state index contributed by atoms with van der Waals surface area (Å²) in [5.41, 5.74) is 1.52. The van der Waals surface area contributed by atoms with Gasteiger partial charge >= 0.3 is 5.97 Å². The summed E-state index contributed by atoms with van der Waals surface area (Å²) in [6, 6.07) is 6.95. The SMILES string of the molecule is COCCn1cc(C(=O)N2CCCC2C(=O)O)c2ccccc21. The highest BCUT2D eigenvalue weighted by molar-refractivity contribution is 6.08. The minimum Gasteiger partial charge on any atom is -0.480 e. The number of nitrogens with zero attached hydrogens (tertiary/aromatic N) is 2. The number of hydrogen-bond donors (Lipinski definition) is 1. The van der Waals surface area contributed by atoms with E-state index < -0.39 is 12.0 Å². The Morgan fingerprint density at radius 1 is 1.35 bits per heavy atom. The number of rotatable bonds is 5. The fourth-order valence-corrected chi connectivity index (χ4v) is 3.21. The zero-order valence-electron chi connectivity index (χ0n) is 13.1. The van der Waals surface area contributed by atoms with Gasteiger partial charge in [-0.25, -0.2) is 4.79 Å². The van der Waals surface area contributed by atoms with Crippen LogP contribution in [0.3, 0.4) is 0 Å². The van der Waals surface area contributed by atoms with Crippen LogP contribution in [0.1, 0.15) is 23.2 Å². The molecule has 23 heavy (non-hydrogen) atoms. The maximum absolute atomic E-state index is 12.9. The number of carbonyl (C=O) groups is 2. The van der Waals surface area contributed by atoms with E-state index in [1.165, 1.54) is 4.90 Å². The molecule has 122 valence electrons. The Kier molecular flexibility index (Phi) is 4.34. The number of likely N-dealkylation sites (tertiary alicyclic amines) is 1. The smallest absolute Gasteiger partial charge is 0.326 e. The molecule has 1 unspecified atom stereocenters. The highest BCUT2D eigenvalue weighted by atomic mass is 16.5. The summed E-state index contributed by atoms with van der Waals surface area (Å²) in [6.07, 6.45) is 3.05. The topological polar surface area (TPSA) is 71.8 Å². The molecule has 1 aliphatic heterocycles. The predicted molar refractivity (Wildman–Crippen MR) is 85.5 cm³/mol.